The summed E-state index contributed by atoms with van der Waals surface area (Å²) in [6.07, 6.45) is 0. The smallest absolute Gasteiger partial charge is 0.272 e. The molecule has 9 heteroatoms. The van der Waals surface area contributed by atoms with Gasteiger partial charge < -0.3 is 14.5 Å². The lowest BCUT2D eigenvalue weighted by Gasteiger charge is -2.36. The van der Waals surface area contributed by atoms with Crippen LogP contribution in [0.5, 0.6) is 5.75 Å². The van der Waals surface area contributed by atoms with Crippen molar-refractivity contribution >= 4 is 50.6 Å². The van der Waals surface area contributed by atoms with Crippen molar-refractivity contribution in [3.8, 4) is 17.0 Å². The van der Waals surface area contributed by atoms with Crippen molar-refractivity contribution in [1.29, 1.82) is 0 Å². The van der Waals surface area contributed by atoms with E-state index in [1.54, 1.807) is 23.1 Å². The normalized spacial score (nSPS) is 15.7. The number of halogens is 1. The van der Waals surface area contributed by atoms with Crippen molar-refractivity contribution in [1.82, 2.24) is 15.1 Å². The molecule has 1 N–H and O–H groups in total. The van der Waals surface area contributed by atoms with Gasteiger partial charge in [0.25, 0.3) is 5.91 Å². The molecular formula is C21H21BrN4O2S2. The third kappa shape index (κ3) is 3.63. The summed E-state index contributed by atoms with van der Waals surface area (Å²) >= 11 is 7.05. The highest BCUT2D eigenvalue weighted by Gasteiger charge is 2.30. The molecule has 4 heterocycles. The van der Waals surface area contributed by atoms with Gasteiger partial charge in [0.2, 0.25) is 0 Å². The van der Waals surface area contributed by atoms with Crippen LogP contribution in [0, 0.1) is 0 Å². The number of hydrogen-bond donors (Lipinski definition) is 1. The Balaban J connectivity index is 1.27. The van der Waals surface area contributed by atoms with Gasteiger partial charge in [0.15, 0.2) is 0 Å². The Morgan fingerprint density at radius 2 is 2.00 bits per heavy atom. The van der Waals surface area contributed by atoms with Gasteiger partial charge in [-0.2, -0.15) is 5.10 Å². The van der Waals surface area contributed by atoms with E-state index < -0.39 is 0 Å². The minimum absolute atomic E-state index is 0.0495. The van der Waals surface area contributed by atoms with Gasteiger partial charge in [0.1, 0.15) is 11.4 Å². The first kappa shape index (κ1) is 20.0. The number of aromatic amines is 1. The van der Waals surface area contributed by atoms with Crippen molar-refractivity contribution in [3.63, 3.8) is 0 Å². The Kier molecular flexibility index (Phi) is 5.51. The number of piperazine rings is 1. The van der Waals surface area contributed by atoms with E-state index in [1.807, 2.05) is 24.0 Å². The molecule has 0 spiro atoms. The van der Waals surface area contributed by atoms with E-state index in [0.29, 0.717) is 25.4 Å². The Bertz CT molecular complexity index is 1070. The molecule has 6 nitrogen and oxygen atoms in total. The van der Waals surface area contributed by atoms with Gasteiger partial charge in [-0.1, -0.05) is 0 Å². The molecule has 0 atom stereocenters. The van der Waals surface area contributed by atoms with Crippen LogP contribution in [-0.4, -0.2) is 53.8 Å². The standard InChI is InChI=1S/C21H21BrN4O2S2/c1-2-28-14-5-3-13(4-6-14)25-7-9-26(10-8-25)20(27)19-16-12-29-21-15(11-17(22)30-21)18(16)23-24-19/h3-6,11H,2,7-10,12H2,1H3,(H,23,24). The number of carbonyl (C=O) groups is 1. The SMILES string of the molecule is CCOc1ccc(N2CCN(C(=O)c3[nH]nc4c3CSc3sc(Br)cc3-4)CC2)cc1. The molecule has 0 radical (unpaired) electrons. The van der Waals surface area contributed by atoms with Crippen LogP contribution in [0.4, 0.5) is 5.69 Å². The highest BCUT2D eigenvalue weighted by molar-refractivity contribution is 9.11. The number of amides is 1. The average molecular weight is 505 g/mol. The lowest BCUT2D eigenvalue weighted by Crippen LogP contribution is -2.49. The second kappa shape index (κ2) is 8.28. The van der Waals surface area contributed by atoms with Crippen molar-refractivity contribution < 1.29 is 9.53 Å². The van der Waals surface area contributed by atoms with Crippen molar-refractivity contribution in [2.75, 3.05) is 37.7 Å². The fourth-order valence-electron chi connectivity index (χ4n) is 3.91. The van der Waals surface area contributed by atoms with E-state index >= 15 is 0 Å². The van der Waals surface area contributed by atoms with Gasteiger partial charge in [0, 0.05) is 48.7 Å². The summed E-state index contributed by atoms with van der Waals surface area (Å²) in [5.74, 6) is 1.71. The number of thioether (sulfide) groups is 1. The van der Waals surface area contributed by atoms with E-state index in [0.717, 1.165) is 50.9 Å². The van der Waals surface area contributed by atoms with Crippen LogP contribution in [0.15, 0.2) is 38.3 Å². The number of benzene rings is 1. The molecule has 3 aromatic rings. The van der Waals surface area contributed by atoms with Crippen LogP contribution < -0.4 is 9.64 Å². The number of anilines is 1. The van der Waals surface area contributed by atoms with Gasteiger partial charge in [-0.3, -0.25) is 9.89 Å². The summed E-state index contributed by atoms with van der Waals surface area (Å²) in [7, 11) is 0. The molecule has 2 aromatic heterocycles. The molecule has 156 valence electrons. The minimum atomic E-state index is 0.0495. The largest absolute Gasteiger partial charge is 0.494 e. The second-order valence-electron chi connectivity index (χ2n) is 7.17. The first-order chi connectivity index (χ1) is 14.6. The molecular weight excluding hydrogens is 484 g/mol. The minimum Gasteiger partial charge on any atom is -0.494 e. The molecule has 0 saturated carbocycles. The number of carbonyl (C=O) groups excluding carboxylic acids is 1. The predicted molar refractivity (Wildman–Crippen MR) is 125 cm³/mol. The van der Waals surface area contributed by atoms with E-state index in [9.17, 15) is 4.79 Å². The highest BCUT2D eigenvalue weighted by atomic mass is 79.9. The number of hydrogen-bond acceptors (Lipinski definition) is 6. The summed E-state index contributed by atoms with van der Waals surface area (Å²) in [4.78, 5) is 17.5. The summed E-state index contributed by atoms with van der Waals surface area (Å²) in [5, 5.41) is 7.52. The van der Waals surface area contributed by atoms with Gasteiger partial charge in [-0.15, -0.1) is 23.1 Å². The molecule has 30 heavy (non-hydrogen) atoms. The molecule has 1 amide bonds. The summed E-state index contributed by atoms with van der Waals surface area (Å²) in [6.45, 7) is 5.67. The number of thiophene rings is 1. The number of ether oxygens (including phenoxy) is 1. The zero-order valence-corrected chi connectivity index (χ0v) is 19.7. The zero-order valence-electron chi connectivity index (χ0n) is 16.5. The number of nitrogens with zero attached hydrogens (tertiary/aromatic N) is 3. The molecule has 1 saturated heterocycles. The molecule has 2 aliphatic heterocycles. The van der Waals surface area contributed by atoms with Gasteiger partial charge in [0.05, 0.1) is 20.3 Å². The number of fused-ring (bicyclic) bond motifs is 3. The fraction of sp³-hybridized carbons (Fsp3) is 0.333. The summed E-state index contributed by atoms with van der Waals surface area (Å²) < 4.78 is 7.87. The van der Waals surface area contributed by atoms with Crippen LogP contribution >= 0.6 is 39.0 Å². The first-order valence-corrected chi connectivity index (χ1v) is 12.5. The summed E-state index contributed by atoms with van der Waals surface area (Å²) in [5.41, 5.74) is 4.86. The van der Waals surface area contributed by atoms with Crippen molar-refractivity contribution in [2.45, 2.75) is 16.9 Å². The monoisotopic (exact) mass is 504 g/mol. The molecule has 0 bridgehead atoms. The summed E-state index contributed by atoms with van der Waals surface area (Å²) in [6, 6.07) is 10.3. The highest BCUT2D eigenvalue weighted by Crippen LogP contribution is 2.47. The van der Waals surface area contributed by atoms with E-state index in [4.69, 9.17) is 4.74 Å². The Morgan fingerprint density at radius 1 is 1.23 bits per heavy atom. The molecule has 1 fully saturated rings. The maximum atomic E-state index is 13.2. The van der Waals surface area contributed by atoms with E-state index in [-0.39, 0.29) is 5.91 Å². The van der Waals surface area contributed by atoms with Crippen LogP contribution in [0.25, 0.3) is 11.3 Å². The van der Waals surface area contributed by atoms with Gasteiger partial charge in [-0.05, 0) is 53.2 Å². The quantitative estimate of drug-likeness (QED) is 0.549. The van der Waals surface area contributed by atoms with Gasteiger partial charge in [-0.25, -0.2) is 0 Å². The lowest BCUT2D eigenvalue weighted by molar-refractivity contribution is 0.0740. The molecule has 1 aromatic carbocycles. The fourth-order valence-corrected chi connectivity index (χ4v) is 7.11. The number of nitrogens with one attached hydrogen (secondary N) is 1. The third-order valence-electron chi connectivity index (χ3n) is 5.43. The Labute approximate surface area is 191 Å². The molecule has 0 unspecified atom stereocenters. The van der Waals surface area contributed by atoms with Crippen LogP contribution in [0.1, 0.15) is 23.0 Å². The van der Waals surface area contributed by atoms with Crippen molar-refractivity contribution in [3.05, 3.63) is 45.4 Å². The maximum absolute atomic E-state index is 13.2. The number of rotatable bonds is 4. The number of H-pyrrole nitrogens is 1. The topological polar surface area (TPSA) is 61.5 Å². The molecule has 5 rings (SSSR count). The maximum Gasteiger partial charge on any atom is 0.272 e. The lowest BCUT2D eigenvalue weighted by atomic mass is 10.1. The zero-order chi connectivity index (χ0) is 20.7. The Hall–Kier alpha value is -1.97. The molecule has 0 aliphatic carbocycles. The Morgan fingerprint density at radius 3 is 2.73 bits per heavy atom. The van der Waals surface area contributed by atoms with Crippen LogP contribution in [-0.2, 0) is 5.75 Å². The second-order valence-corrected chi connectivity index (χ2v) is 10.8. The predicted octanol–water partition coefficient (Wildman–Crippen LogP) is 4.87. The van der Waals surface area contributed by atoms with Crippen LogP contribution in [0.3, 0.4) is 0 Å². The average Bonchev–Trinajstić information content (AvgIpc) is 3.37. The van der Waals surface area contributed by atoms with Gasteiger partial charge >= 0.3 is 0 Å². The third-order valence-corrected chi connectivity index (χ3v) is 8.38. The van der Waals surface area contributed by atoms with E-state index in [1.165, 1.54) is 4.21 Å². The van der Waals surface area contributed by atoms with E-state index in [2.05, 4.69) is 49.2 Å². The first-order valence-electron chi connectivity index (χ1n) is 9.91. The van der Waals surface area contributed by atoms with Crippen molar-refractivity contribution in [2.24, 2.45) is 0 Å². The van der Waals surface area contributed by atoms with Crippen LogP contribution in [0.2, 0.25) is 0 Å². The number of aromatic nitrogens is 2. The molecule has 2 aliphatic rings.